The fraction of sp³-hybridized carbons (Fsp3) is 0.414. The lowest BCUT2D eigenvalue weighted by Crippen LogP contribution is -2.53. The standard InChI is InChI=1S/C29H32F6N2O/c1-4-26(15-13-25(38)37-26)19-36-27(5-2,22-11-7-6-8-12-22)14-9-10-20(3)21-16-23(28(30,31)32)18-24(17-21)29(33,34)35/h4-8,11-12,16-18,20,36H,1-2,9-10,13-15,19H2,3H3,(H,37,38)/t20-,26-,27+/m0/s1. The normalized spacial score (nSPS) is 20.4. The van der Waals surface area contributed by atoms with E-state index < -0.39 is 40.5 Å². The molecule has 1 heterocycles. The Morgan fingerprint density at radius 3 is 2.08 bits per heavy atom. The van der Waals surface area contributed by atoms with Crippen LogP contribution in [0.15, 0.2) is 73.8 Å². The van der Waals surface area contributed by atoms with E-state index in [2.05, 4.69) is 23.8 Å². The molecule has 38 heavy (non-hydrogen) atoms. The summed E-state index contributed by atoms with van der Waals surface area (Å²) in [5, 5.41) is 6.48. The average Bonchev–Trinajstić information content (AvgIpc) is 3.26. The van der Waals surface area contributed by atoms with Crippen LogP contribution >= 0.6 is 0 Å². The molecule has 1 saturated heterocycles. The van der Waals surface area contributed by atoms with E-state index in [0.29, 0.717) is 38.6 Å². The molecule has 2 aromatic rings. The van der Waals surface area contributed by atoms with E-state index in [1.54, 1.807) is 19.1 Å². The molecule has 3 nitrogen and oxygen atoms in total. The van der Waals surface area contributed by atoms with Crippen LogP contribution in [0.1, 0.15) is 67.2 Å². The second kappa shape index (κ2) is 11.4. The Morgan fingerprint density at radius 1 is 1.00 bits per heavy atom. The Labute approximate surface area is 219 Å². The van der Waals surface area contributed by atoms with Gasteiger partial charge in [-0.05, 0) is 54.5 Å². The molecule has 1 amide bonds. The zero-order chi connectivity index (χ0) is 28.2. The zero-order valence-electron chi connectivity index (χ0n) is 21.2. The molecule has 0 unspecified atom stereocenters. The molecule has 2 N–H and O–H groups in total. The van der Waals surface area contributed by atoms with Crippen molar-refractivity contribution in [2.24, 2.45) is 0 Å². The van der Waals surface area contributed by atoms with Crippen molar-refractivity contribution in [3.05, 3.63) is 96.1 Å². The molecule has 0 aliphatic carbocycles. The van der Waals surface area contributed by atoms with Crippen molar-refractivity contribution in [3.8, 4) is 0 Å². The molecule has 206 valence electrons. The summed E-state index contributed by atoms with van der Waals surface area (Å²) in [5.74, 6) is -0.617. The number of alkyl halides is 6. The van der Waals surface area contributed by atoms with Gasteiger partial charge in [0.15, 0.2) is 0 Å². The summed E-state index contributed by atoms with van der Waals surface area (Å²) < 4.78 is 79.9. The van der Waals surface area contributed by atoms with Gasteiger partial charge in [0.1, 0.15) is 0 Å². The van der Waals surface area contributed by atoms with Gasteiger partial charge in [-0.25, -0.2) is 0 Å². The van der Waals surface area contributed by atoms with Crippen molar-refractivity contribution >= 4 is 5.91 Å². The van der Waals surface area contributed by atoms with Crippen LogP contribution in [0.2, 0.25) is 0 Å². The summed E-state index contributed by atoms with van der Waals surface area (Å²) in [7, 11) is 0. The maximum absolute atomic E-state index is 13.3. The average molecular weight is 539 g/mol. The van der Waals surface area contributed by atoms with Crippen LogP contribution in [0.5, 0.6) is 0 Å². The minimum Gasteiger partial charge on any atom is -0.346 e. The highest BCUT2D eigenvalue weighted by Gasteiger charge is 2.39. The first-order chi connectivity index (χ1) is 17.7. The van der Waals surface area contributed by atoms with Crippen molar-refractivity contribution in [1.29, 1.82) is 0 Å². The fourth-order valence-electron chi connectivity index (χ4n) is 4.89. The number of carbonyl (C=O) groups excluding carboxylic acids is 1. The second-order valence-electron chi connectivity index (χ2n) is 9.94. The molecule has 1 aliphatic rings. The monoisotopic (exact) mass is 538 g/mol. The summed E-state index contributed by atoms with van der Waals surface area (Å²) in [6, 6.07) is 11.2. The number of carbonyl (C=O) groups is 1. The number of hydrogen-bond donors (Lipinski definition) is 2. The third-order valence-corrected chi connectivity index (χ3v) is 7.32. The lowest BCUT2D eigenvalue weighted by atomic mass is 9.82. The van der Waals surface area contributed by atoms with E-state index in [-0.39, 0.29) is 17.5 Å². The summed E-state index contributed by atoms with van der Waals surface area (Å²) >= 11 is 0. The van der Waals surface area contributed by atoms with Crippen molar-refractivity contribution in [3.63, 3.8) is 0 Å². The number of benzene rings is 2. The lowest BCUT2D eigenvalue weighted by Gasteiger charge is -2.37. The Bertz CT molecular complexity index is 1110. The molecule has 3 atom stereocenters. The molecular weight excluding hydrogens is 506 g/mol. The van der Waals surface area contributed by atoms with Gasteiger partial charge in [-0.3, -0.25) is 4.79 Å². The van der Waals surface area contributed by atoms with Gasteiger partial charge in [0.05, 0.1) is 22.2 Å². The number of amides is 1. The Balaban J connectivity index is 1.81. The molecule has 0 saturated carbocycles. The highest BCUT2D eigenvalue weighted by atomic mass is 19.4. The van der Waals surface area contributed by atoms with E-state index >= 15 is 0 Å². The van der Waals surface area contributed by atoms with Crippen molar-refractivity contribution in [2.45, 2.75) is 68.4 Å². The molecule has 0 aromatic heterocycles. The highest BCUT2D eigenvalue weighted by Crippen LogP contribution is 2.39. The number of hydrogen-bond acceptors (Lipinski definition) is 2. The molecule has 0 spiro atoms. The number of rotatable bonds is 11. The molecule has 2 aromatic carbocycles. The van der Waals surface area contributed by atoms with E-state index in [1.807, 2.05) is 30.3 Å². The maximum Gasteiger partial charge on any atom is 0.416 e. The molecule has 9 heteroatoms. The zero-order valence-corrected chi connectivity index (χ0v) is 21.2. The smallest absolute Gasteiger partial charge is 0.346 e. The van der Waals surface area contributed by atoms with E-state index in [0.717, 1.165) is 17.7 Å². The van der Waals surface area contributed by atoms with E-state index in [4.69, 9.17) is 0 Å². The number of nitrogens with one attached hydrogen (secondary N) is 2. The summed E-state index contributed by atoms with van der Waals surface area (Å²) in [5.41, 5.74) is -3.09. The minimum absolute atomic E-state index is 0.0108. The largest absolute Gasteiger partial charge is 0.416 e. The van der Waals surface area contributed by atoms with Crippen molar-refractivity contribution in [2.75, 3.05) is 6.54 Å². The van der Waals surface area contributed by atoms with Crippen LogP contribution in [0, 0.1) is 0 Å². The predicted molar refractivity (Wildman–Crippen MR) is 135 cm³/mol. The summed E-state index contributed by atoms with van der Waals surface area (Å²) in [6.07, 6.45) is -4.02. The van der Waals surface area contributed by atoms with Crippen LogP contribution < -0.4 is 10.6 Å². The van der Waals surface area contributed by atoms with Gasteiger partial charge >= 0.3 is 12.4 Å². The van der Waals surface area contributed by atoms with Crippen LogP contribution in [-0.4, -0.2) is 18.0 Å². The van der Waals surface area contributed by atoms with Gasteiger partial charge in [0.2, 0.25) is 5.91 Å². The topological polar surface area (TPSA) is 41.1 Å². The van der Waals surface area contributed by atoms with Crippen LogP contribution in [0.4, 0.5) is 26.3 Å². The molecule has 0 radical (unpaired) electrons. The maximum atomic E-state index is 13.3. The Hall–Kier alpha value is -3.07. The first-order valence-electron chi connectivity index (χ1n) is 12.4. The SMILES string of the molecule is C=C[C@@]1(CN[C@](C=C)(CCC[C@H](C)c2cc(C(F)(F)F)cc(C(F)(F)F)c2)c2ccccc2)CCC(=O)N1. The first kappa shape index (κ1) is 29.5. The quantitative estimate of drug-likeness (QED) is 0.230. The van der Waals surface area contributed by atoms with Gasteiger partial charge in [0.25, 0.3) is 0 Å². The fourth-order valence-corrected chi connectivity index (χ4v) is 4.89. The Kier molecular flexibility index (Phi) is 8.81. The van der Waals surface area contributed by atoms with Gasteiger partial charge in [-0.2, -0.15) is 26.3 Å². The molecule has 1 fully saturated rings. The lowest BCUT2D eigenvalue weighted by molar-refractivity contribution is -0.143. The number of halogens is 6. The van der Waals surface area contributed by atoms with Gasteiger partial charge < -0.3 is 10.6 Å². The van der Waals surface area contributed by atoms with Crippen LogP contribution in [0.3, 0.4) is 0 Å². The summed E-state index contributed by atoms with van der Waals surface area (Å²) in [4.78, 5) is 11.9. The van der Waals surface area contributed by atoms with E-state index in [9.17, 15) is 31.1 Å². The minimum atomic E-state index is -4.89. The third kappa shape index (κ3) is 6.87. The van der Waals surface area contributed by atoms with E-state index in [1.165, 1.54) is 0 Å². The Morgan fingerprint density at radius 2 is 1.61 bits per heavy atom. The molecule has 1 aliphatic heterocycles. The first-order valence-corrected chi connectivity index (χ1v) is 12.4. The van der Waals surface area contributed by atoms with Crippen LogP contribution in [-0.2, 0) is 22.7 Å². The van der Waals surface area contributed by atoms with Gasteiger partial charge in [-0.1, -0.05) is 55.8 Å². The predicted octanol–water partition coefficient (Wildman–Crippen LogP) is 7.50. The van der Waals surface area contributed by atoms with Gasteiger partial charge in [0, 0.05) is 13.0 Å². The third-order valence-electron chi connectivity index (χ3n) is 7.32. The van der Waals surface area contributed by atoms with Crippen molar-refractivity contribution < 1.29 is 31.1 Å². The highest BCUT2D eigenvalue weighted by molar-refractivity contribution is 5.80. The summed E-state index contributed by atoms with van der Waals surface area (Å²) in [6.45, 7) is 9.90. The molecule has 0 bridgehead atoms. The molecular formula is C29H32F6N2O. The van der Waals surface area contributed by atoms with Gasteiger partial charge in [-0.15, -0.1) is 13.2 Å². The molecule has 3 rings (SSSR count). The second-order valence-corrected chi connectivity index (χ2v) is 9.94. The van der Waals surface area contributed by atoms with Crippen molar-refractivity contribution in [1.82, 2.24) is 10.6 Å². The van der Waals surface area contributed by atoms with Crippen LogP contribution in [0.25, 0.3) is 0 Å².